The standard InChI is InChI=1S/C15H29N3O2S/c1-5-7-9-18(10-8-6-2)21(19,20)15-11-14(12-16-3)17(4)13-15/h11,13,16H,5-10,12H2,1-4H3. The second-order valence-corrected chi connectivity index (χ2v) is 7.36. The molecule has 1 N–H and O–H groups in total. The summed E-state index contributed by atoms with van der Waals surface area (Å²) in [5, 5.41) is 3.06. The van der Waals surface area contributed by atoms with Gasteiger partial charge in [-0.3, -0.25) is 0 Å². The molecule has 0 saturated heterocycles. The highest BCUT2D eigenvalue weighted by Crippen LogP contribution is 2.19. The maximum atomic E-state index is 12.8. The Hall–Kier alpha value is -0.850. The fourth-order valence-electron chi connectivity index (χ4n) is 2.25. The lowest BCUT2D eigenvalue weighted by molar-refractivity contribution is 0.395. The topological polar surface area (TPSA) is 54.3 Å². The summed E-state index contributed by atoms with van der Waals surface area (Å²) in [5.41, 5.74) is 0.974. The van der Waals surface area contributed by atoms with Crippen molar-refractivity contribution in [1.82, 2.24) is 14.2 Å². The van der Waals surface area contributed by atoms with Gasteiger partial charge in [-0.25, -0.2) is 8.42 Å². The lowest BCUT2D eigenvalue weighted by Gasteiger charge is -2.21. The molecule has 1 rings (SSSR count). The lowest BCUT2D eigenvalue weighted by atomic mass is 10.3. The Morgan fingerprint density at radius 1 is 1.19 bits per heavy atom. The molecule has 0 spiro atoms. The van der Waals surface area contributed by atoms with Crippen molar-refractivity contribution in [2.75, 3.05) is 20.1 Å². The van der Waals surface area contributed by atoms with Gasteiger partial charge >= 0.3 is 0 Å². The molecule has 0 fully saturated rings. The largest absolute Gasteiger partial charge is 0.352 e. The van der Waals surface area contributed by atoms with Gasteiger partial charge in [-0.15, -0.1) is 0 Å². The van der Waals surface area contributed by atoms with Crippen LogP contribution in [-0.2, 0) is 23.6 Å². The van der Waals surface area contributed by atoms with Gasteiger partial charge in [0.15, 0.2) is 0 Å². The van der Waals surface area contributed by atoms with Crippen molar-refractivity contribution in [1.29, 1.82) is 0 Å². The van der Waals surface area contributed by atoms with E-state index in [-0.39, 0.29) is 0 Å². The molecule has 0 saturated carbocycles. The van der Waals surface area contributed by atoms with Gasteiger partial charge in [-0.2, -0.15) is 4.31 Å². The Kier molecular flexibility index (Phi) is 7.42. The van der Waals surface area contributed by atoms with Crippen LogP contribution in [0.15, 0.2) is 17.2 Å². The number of aromatic nitrogens is 1. The van der Waals surface area contributed by atoms with Crippen molar-refractivity contribution in [3.8, 4) is 0 Å². The smallest absolute Gasteiger partial charge is 0.244 e. The van der Waals surface area contributed by atoms with Crippen molar-refractivity contribution in [2.24, 2.45) is 7.05 Å². The Bertz CT molecular complexity index is 515. The van der Waals surface area contributed by atoms with Crippen LogP contribution in [-0.4, -0.2) is 37.4 Å². The van der Waals surface area contributed by atoms with E-state index >= 15 is 0 Å². The minimum atomic E-state index is -3.38. The summed E-state index contributed by atoms with van der Waals surface area (Å²) in [6.07, 6.45) is 5.51. The summed E-state index contributed by atoms with van der Waals surface area (Å²) in [7, 11) is 0.359. The molecule has 0 unspecified atom stereocenters. The van der Waals surface area contributed by atoms with Gasteiger partial charge in [0.25, 0.3) is 0 Å². The molecule has 1 aromatic heterocycles. The monoisotopic (exact) mass is 315 g/mol. The minimum absolute atomic E-state index is 0.405. The fraction of sp³-hybridized carbons (Fsp3) is 0.733. The normalized spacial score (nSPS) is 12.2. The summed E-state index contributed by atoms with van der Waals surface area (Å²) in [6.45, 7) is 6.04. The maximum Gasteiger partial charge on any atom is 0.244 e. The van der Waals surface area contributed by atoms with E-state index < -0.39 is 10.0 Å². The van der Waals surface area contributed by atoms with Crippen LogP contribution in [0.1, 0.15) is 45.2 Å². The highest BCUT2D eigenvalue weighted by Gasteiger charge is 2.25. The molecule has 0 aromatic carbocycles. The molecule has 21 heavy (non-hydrogen) atoms. The first-order valence-electron chi connectivity index (χ1n) is 7.77. The molecule has 122 valence electrons. The molecule has 1 aromatic rings. The van der Waals surface area contributed by atoms with Crippen LogP contribution in [0.4, 0.5) is 0 Å². The number of hydrogen-bond donors (Lipinski definition) is 1. The first-order valence-corrected chi connectivity index (χ1v) is 9.21. The third kappa shape index (κ3) is 4.83. The minimum Gasteiger partial charge on any atom is -0.352 e. The van der Waals surface area contributed by atoms with E-state index in [2.05, 4.69) is 19.2 Å². The zero-order valence-corrected chi connectivity index (χ0v) is 14.5. The number of aryl methyl sites for hydroxylation is 1. The zero-order valence-electron chi connectivity index (χ0n) is 13.7. The summed E-state index contributed by atoms with van der Waals surface area (Å²) in [5.74, 6) is 0. The van der Waals surface area contributed by atoms with Crippen LogP contribution in [0, 0.1) is 0 Å². The van der Waals surface area contributed by atoms with E-state index in [1.54, 1.807) is 16.6 Å². The Morgan fingerprint density at radius 2 is 1.76 bits per heavy atom. The predicted octanol–water partition coefficient (Wildman–Crippen LogP) is 2.34. The number of nitrogens with zero attached hydrogens (tertiary/aromatic N) is 2. The van der Waals surface area contributed by atoms with Crippen LogP contribution in [0.25, 0.3) is 0 Å². The summed E-state index contributed by atoms with van der Waals surface area (Å²) in [4.78, 5) is 0.405. The van der Waals surface area contributed by atoms with Crippen LogP contribution in [0.2, 0.25) is 0 Å². The van der Waals surface area contributed by atoms with Gasteiger partial charge in [0.05, 0.1) is 0 Å². The molecule has 0 aliphatic rings. The number of hydrogen-bond acceptors (Lipinski definition) is 3. The molecule has 0 bridgehead atoms. The number of sulfonamides is 1. The Labute approximate surface area is 129 Å². The molecule has 0 radical (unpaired) electrons. The van der Waals surface area contributed by atoms with Crippen molar-refractivity contribution >= 4 is 10.0 Å². The van der Waals surface area contributed by atoms with Gasteiger partial charge in [-0.1, -0.05) is 26.7 Å². The quantitative estimate of drug-likeness (QED) is 0.721. The number of unbranched alkanes of at least 4 members (excludes halogenated alkanes) is 2. The van der Waals surface area contributed by atoms with E-state index in [4.69, 9.17) is 0 Å². The summed E-state index contributed by atoms with van der Waals surface area (Å²) >= 11 is 0. The molecule has 5 nitrogen and oxygen atoms in total. The van der Waals surface area contributed by atoms with Crippen LogP contribution in [0.3, 0.4) is 0 Å². The molecule has 0 atom stereocenters. The van der Waals surface area contributed by atoms with E-state index in [1.165, 1.54) is 0 Å². The van der Waals surface area contributed by atoms with Gasteiger partial charge in [-0.05, 0) is 26.0 Å². The first kappa shape index (κ1) is 18.2. The average molecular weight is 315 g/mol. The van der Waals surface area contributed by atoms with Crippen molar-refractivity contribution in [3.05, 3.63) is 18.0 Å². The third-order valence-corrected chi connectivity index (χ3v) is 5.46. The summed E-state index contributed by atoms with van der Waals surface area (Å²) in [6, 6.07) is 1.77. The van der Waals surface area contributed by atoms with Gasteiger partial charge in [0.1, 0.15) is 4.90 Å². The van der Waals surface area contributed by atoms with E-state index in [9.17, 15) is 8.42 Å². The first-order chi connectivity index (χ1) is 9.97. The van der Waals surface area contributed by atoms with Crippen molar-refractivity contribution in [3.63, 3.8) is 0 Å². The van der Waals surface area contributed by atoms with Gasteiger partial charge in [0, 0.05) is 38.6 Å². The van der Waals surface area contributed by atoms with Gasteiger partial charge in [0.2, 0.25) is 10.0 Å². The van der Waals surface area contributed by atoms with E-state index in [1.807, 2.05) is 18.7 Å². The molecule has 0 aliphatic heterocycles. The van der Waals surface area contributed by atoms with Crippen LogP contribution in [0.5, 0.6) is 0 Å². The number of nitrogens with one attached hydrogen (secondary N) is 1. The average Bonchev–Trinajstić information content (AvgIpc) is 2.81. The van der Waals surface area contributed by atoms with Gasteiger partial charge < -0.3 is 9.88 Å². The third-order valence-electron chi connectivity index (χ3n) is 3.60. The Balaban J connectivity index is 3.00. The molecule has 1 heterocycles. The second kappa shape index (κ2) is 8.56. The fourth-order valence-corrected chi connectivity index (χ4v) is 3.86. The summed E-state index contributed by atoms with van der Waals surface area (Å²) < 4.78 is 29.1. The number of rotatable bonds is 10. The SMILES string of the molecule is CCCCN(CCCC)S(=O)(=O)c1cc(CNC)n(C)c1. The lowest BCUT2D eigenvalue weighted by Crippen LogP contribution is -2.32. The predicted molar refractivity (Wildman–Crippen MR) is 86.8 cm³/mol. The van der Waals surface area contributed by atoms with Crippen molar-refractivity contribution in [2.45, 2.75) is 51.0 Å². The van der Waals surface area contributed by atoms with Crippen LogP contribution >= 0.6 is 0 Å². The van der Waals surface area contributed by atoms with Crippen molar-refractivity contribution < 1.29 is 8.42 Å². The molecule has 0 aliphatic carbocycles. The molecular weight excluding hydrogens is 286 g/mol. The highest BCUT2D eigenvalue weighted by molar-refractivity contribution is 7.89. The van der Waals surface area contributed by atoms with E-state index in [0.29, 0.717) is 24.5 Å². The molecular formula is C15H29N3O2S. The molecule has 0 amide bonds. The maximum absolute atomic E-state index is 12.8. The Morgan fingerprint density at radius 3 is 2.24 bits per heavy atom. The zero-order chi connectivity index (χ0) is 15.9. The van der Waals surface area contributed by atoms with Crippen LogP contribution < -0.4 is 5.32 Å². The highest BCUT2D eigenvalue weighted by atomic mass is 32.2. The van der Waals surface area contributed by atoms with E-state index in [0.717, 1.165) is 31.4 Å². The molecule has 6 heteroatoms. The second-order valence-electron chi connectivity index (χ2n) is 5.42.